The molecule has 5 aliphatic rings. The van der Waals surface area contributed by atoms with Crippen molar-refractivity contribution in [3.63, 3.8) is 0 Å². The summed E-state index contributed by atoms with van der Waals surface area (Å²) in [5.41, 5.74) is 20.1. The van der Waals surface area contributed by atoms with Crippen LogP contribution in [0, 0.1) is 0 Å². The molecule has 0 bridgehead atoms. The second-order valence-electron chi connectivity index (χ2n) is 18.7. The molecule has 0 aliphatic carbocycles. The highest BCUT2D eigenvalue weighted by atomic mass is 16.5. The maximum Gasteiger partial charge on any atom is 0.325 e. The van der Waals surface area contributed by atoms with Crippen LogP contribution < -0.4 is 48.8 Å². The van der Waals surface area contributed by atoms with Gasteiger partial charge in [-0.1, -0.05) is 30.1 Å². The molecular weight excluding hydrogens is 887 g/mol. The minimum atomic E-state index is -0.359. The predicted molar refractivity (Wildman–Crippen MR) is 272 cm³/mol. The molecule has 0 saturated heterocycles. The van der Waals surface area contributed by atoms with E-state index in [-0.39, 0.29) is 38.2 Å². The molecule has 4 aromatic carbocycles. The summed E-state index contributed by atoms with van der Waals surface area (Å²) in [5, 5.41) is 6.17. The normalized spacial score (nSPS) is 15.0. The zero-order valence-corrected chi connectivity index (χ0v) is 41.5. The van der Waals surface area contributed by atoms with Gasteiger partial charge in [0.2, 0.25) is 5.36 Å². The van der Waals surface area contributed by atoms with E-state index in [0.717, 1.165) is 148 Å². The van der Waals surface area contributed by atoms with Crippen molar-refractivity contribution in [1.29, 1.82) is 0 Å². The van der Waals surface area contributed by atoms with E-state index in [0.29, 0.717) is 43.5 Å². The number of esters is 2. The molecule has 4 aromatic rings. The summed E-state index contributed by atoms with van der Waals surface area (Å²) in [5.74, 6) is 3.08. The molecule has 0 aromatic heterocycles. The number of unbranched alkanes of at least 4 members (excludes halogenated alkanes) is 3. The number of likely N-dealkylation sites (N-methyl/N-ethyl adjacent to an activating group) is 2. The lowest BCUT2D eigenvalue weighted by Gasteiger charge is -2.39. The summed E-state index contributed by atoms with van der Waals surface area (Å²) in [6.07, 6.45) is 11.8. The average molecular weight is 955 g/mol. The van der Waals surface area contributed by atoms with Gasteiger partial charge >= 0.3 is 11.9 Å². The van der Waals surface area contributed by atoms with Crippen molar-refractivity contribution < 1.29 is 38.0 Å². The third-order valence-electron chi connectivity index (χ3n) is 14.5. The van der Waals surface area contributed by atoms with Crippen molar-refractivity contribution in [3.8, 4) is 28.7 Å². The third kappa shape index (κ3) is 10.0. The monoisotopic (exact) mass is 955 g/mol. The van der Waals surface area contributed by atoms with Gasteiger partial charge in [0, 0.05) is 95.3 Å². The average Bonchev–Trinajstić information content (AvgIpc) is 3.39. The summed E-state index contributed by atoms with van der Waals surface area (Å²) in [6, 6.07) is 16.6. The van der Waals surface area contributed by atoms with Crippen molar-refractivity contribution in [2.45, 2.75) is 90.9 Å². The largest absolute Gasteiger partial charge is 0.493 e. The molecule has 5 heterocycles. The van der Waals surface area contributed by atoms with Crippen LogP contribution in [0.4, 0.5) is 17.1 Å². The number of azide groups is 1. The van der Waals surface area contributed by atoms with Crippen LogP contribution in [-0.2, 0) is 44.7 Å². The Hall–Kier alpha value is -6.60. The lowest BCUT2D eigenvalue weighted by molar-refractivity contribution is -0.139. The number of fused-ring (bicyclic) bond motifs is 4. The quantitative estimate of drug-likeness (QED) is 0.0167. The highest BCUT2D eigenvalue weighted by molar-refractivity contribution is 5.93. The molecule has 0 amide bonds. The zero-order chi connectivity index (χ0) is 48.6. The van der Waals surface area contributed by atoms with Crippen molar-refractivity contribution in [2.75, 3.05) is 108 Å². The van der Waals surface area contributed by atoms with E-state index >= 15 is 0 Å². The van der Waals surface area contributed by atoms with Crippen LogP contribution in [0.15, 0.2) is 53.6 Å². The van der Waals surface area contributed by atoms with Gasteiger partial charge in [-0.15, -0.1) is 0 Å². The Morgan fingerprint density at radius 2 is 1.39 bits per heavy atom. The third-order valence-corrected chi connectivity index (χ3v) is 14.5. The number of rotatable bonds is 22. The number of carbonyl (C=O) groups excluding carboxylic acids is 2. The first-order chi connectivity index (χ1) is 34.3. The molecule has 15 heteroatoms. The first-order valence-corrected chi connectivity index (χ1v) is 25.6. The van der Waals surface area contributed by atoms with Crippen LogP contribution in [0.1, 0.15) is 98.6 Å². The van der Waals surface area contributed by atoms with Gasteiger partial charge in [-0.25, -0.2) is 4.58 Å². The Bertz CT molecular complexity index is 2780. The van der Waals surface area contributed by atoms with E-state index in [1.54, 1.807) is 0 Å². The molecule has 0 radical (unpaired) electrons. The molecule has 9 rings (SSSR count). The van der Waals surface area contributed by atoms with E-state index in [4.69, 9.17) is 34.0 Å². The van der Waals surface area contributed by atoms with Crippen molar-refractivity contribution >= 4 is 34.6 Å². The van der Waals surface area contributed by atoms with E-state index in [2.05, 4.69) is 37.7 Å². The van der Waals surface area contributed by atoms with E-state index in [1.165, 1.54) is 47.5 Å². The number of para-hydroxylation sites is 2. The summed E-state index contributed by atoms with van der Waals surface area (Å²) in [7, 11) is 2.81. The van der Waals surface area contributed by atoms with E-state index in [1.807, 2.05) is 54.0 Å². The Morgan fingerprint density at radius 3 is 2.14 bits per heavy atom. The maximum absolute atomic E-state index is 13.2. The first kappa shape index (κ1) is 48.4. The van der Waals surface area contributed by atoms with Crippen LogP contribution in [0.2, 0.25) is 0 Å². The number of methoxy groups -OCH3 is 2. The molecule has 370 valence electrons. The molecular formula is C55H68N7O8+. The topological polar surface area (TPSA) is 151 Å². The summed E-state index contributed by atoms with van der Waals surface area (Å²) < 4.78 is 40.4. The van der Waals surface area contributed by atoms with Crippen LogP contribution >= 0.6 is 0 Å². The van der Waals surface area contributed by atoms with Gasteiger partial charge in [-0.05, 0) is 107 Å². The number of hydrogen-bond acceptors (Lipinski definition) is 12. The smallest absolute Gasteiger partial charge is 0.325 e. The molecule has 15 nitrogen and oxygen atoms in total. The van der Waals surface area contributed by atoms with Crippen LogP contribution in [0.25, 0.3) is 16.0 Å². The number of nitrogens with zero attached hydrogens (tertiary/aromatic N) is 7. The lowest BCUT2D eigenvalue weighted by Crippen LogP contribution is -2.45. The van der Waals surface area contributed by atoms with Gasteiger partial charge in [-0.2, -0.15) is 0 Å². The van der Waals surface area contributed by atoms with Gasteiger partial charge in [0.25, 0.3) is 0 Å². The number of aryl methyl sites for hydroxylation is 2. The molecule has 0 N–H and O–H groups in total. The number of anilines is 3. The number of ether oxygens (including phenoxy) is 6. The van der Waals surface area contributed by atoms with Crippen LogP contribution in [0.3, 0.4) is 0 Å². The molecule has 0 spiro atoms. The van der Waals surface area contributed by atoms with E-state index in [9.17, 15) is 9.59 Å². The number of carbonyl (C=O) groups is 2. The molecule has 0 atom stereocenters. The number of hydrogen-bond donors (Lipinski definition) is 0. The Morgan fingerprint density at radius 1 is 0.714 bits per heavy atom. The minimum Gasteiger partial charge on any atom is -0.493 e. The van der Waals surface area contributed by atoms with Gasteiger partial charge in [-0.3, -0.25) is 9.59 Å². The van der Waals surface area contributed by atoms with Crippen molar-refractivity contribution in [2.24, 2.45) is 5.11 Å². The molecule has 70 heavy (non-hydrogen) atoms. The summed E-state index contributed by atoms with van der Waals surface area (Å²) in [4.78, 5) is 34.9. The zero-order valence-electron chi connectivity index (χ0n) is 41.5. The fourth-order valence-electron chi connectivity index (χ4n) is 11.2. The second-order valence-corrected chi connectivity index (χ2v) is 18.7. The van der Waals surface area contributed by atoms with Gasteiger partial charge in [0.1, 0.15) is 68.1 Å². The second kappa shape index (κ2) is 22.4. The molecule has 0 fully saturated rings. The van der Waals surface area contributed by atoms with Gasteiger partial charge < -0.3 is 43.1 Å². The SMILES string of the molecule is CCN(CC(=O)OC)c1ccccc1OCCOc1cc(OCCCCCCN=[N+]=[N-])c(C2=c3cc4c5c(c3Oc3c2cc2c6c3CCCN6CCC2)CCC[N+]=5CCC4)cc1N(CC)CC(=O)OC. The molecule has 0 saturated carbocycles. The Kier molecular flexibility index (Phi) is 15.5. The first-order valence-electron chi connectivity index (χ1n) is 25.6. The van der Waals surface area contributed by atoms with Gasteiger partial charge in [0.05, 0.1) is 37.8 Å². The highest BCUT2D eigenvalue weighted by Gasteiger charge is 2.37. The standard InChI is InChI=1S/C55H68N7O8/c1-5-59(35-49(63)65-3)44-21-9-10-22-46(44)68-29-30-69-48-34-47(67-28-12-8-7-11-23-57-58-56)41(33-45(48)60(6-2)36-50(64)66-4)51-42-31-37-17-13-24-61-26-15-19-39(52(37)61)54(42)70-55-40-20-16-27-62-25-14-18-38(53(40)62)32-43(51)55/h9-10,21-22,31-34H,5-8,11-20,23-30,35-36H2,1-4H3/q+1. The minimum absolute atomic E-state index is 0.0162. The van der Waals surface area contributed by atoms with E-state index < -0.39 is 0 Å². The van der Waals surface area contributed by atoms with Gasteiger partial charge in [0.15, 0.2) is 0 Å². The maximum atomic E-state index is 13.2. The van der Waals surface area contributed by atoms with Crippen molar-refractivity contribution in [1.82, 2.24) is 4.58 Å². The fourth-order valence-corrected chi connectivity index (χ4v) is 11.2. The summed E-state index contributed by atoms with van der Waals surface area (Å²) in [6.45, 7) is 10.8. The predicted octanol–water partition coefficient (Wildman–Crippen LogP) is 7.83. The Balaban J connectivity index is 1.19. The molecule has 0 unspecified atom stereocenters. The summed E-state index contributed by atoms with van der Waals surface area (Å²) >= 11 is 0. The Labute approximate surface area is 411 Å². The number of benzene rings is 4. The molecule has 5 aliphatic heterocycles. The van der Waals surface area contributed by atoms with Crippen molar-refractivity contribution in [3.05, 3.63) is 103 Å². The lowest BCUT2D eigenvalue weighted by atomic mass is 9.82. The van der Waals surface area contributed by atoms with Crippen LogP contribution in [0.5, 0.6) is 28.7 Å². The fraction of sp³-hybridized carbons (Fsp3) is 0.509. The highest BCUT2D eigenvalue weighted by Crippen LogP contribution is 2.51. The van der Waals surface area contributed by atoms with Crippen LogP contribution in [-0.4, -0.2) is 105 Å².